The first-order valence-electron chi connectivity index (χ1n) is 12.3. The molecule has 190 valence electrons. The lowest BCUT2D eigenvalue weighted by atomic mass is 9.86. The van der Waals surface area contributed by atoms with Gasteiger partial charge in [0, 0.05) is 49.6 Å². The van der Waals surface area contributed by atoms with Gasteiger partial charge in [-0.05, 0) is 62.6 Å². The van der Waals surface area contributed by atoms with Crippen LogP contribution in [-0.2, 0) is 9.47 Å². The third kappa shape index (κ3) is 7.19. The van der Waals surface area contributed by atoms with Crippen LogP contribution < -0.4 is 21.7 Å². The summed E-state index contributed by atoms with van der Waals surface area (Å²) in [6.45, 7) is 2.68. The highest BCUT2D eigenvalue weighted by molar-refractivity contribution is 6.33. The lowest BCUT2D eigenvalue weighted by Gasteiger charge is -2.33. The summed E-state index contributed by atoms with van der Waals surface area (Å²) in [5.74, 6) is 2.01. The molecule has 2 fully saturated rings. The number of anilines is 2. The van der Waals surface area contributed by atoms with Crippen molar-refractivity contribution in [2.24, 2.45) is 11.7 Å². The molecular formula is C25H35ClN6O3. The van der Waals surface area contributed by atoms with Crippen molar-refractivity contribution in [2.45, 2.75) is 50.1 Å². The number of amides is 1. The van der Waals surface area contributed by atoms with Crippen LogP contribution in [0, 0.1) is 5.92 Å². The summed E-state index contributed by atoms with van der Waals surface area (Å²) >= 11 is 6.51. The predicted molar refractivity (Wildman–Crippen MR) is 138 cm³/mol. The highest BCUT2D eigenvalue weighted by Gasteiger charge is 2.28. The van der Waals surface area contributed by atoms with Crippen molar-refractivity contribution in [1.82, 2.24) is 15.3 Å². The molecule has 1 saturated heterocycles. The fraction of sp³-hybridized carbons (Fsp3) is 0.560. The van der Waals surface area contributed by atoms with E-state index in [2.05, 4.69) is 25.7 Å². The Labute approximate surface area is 211 Å². The highest BCUT2D eigenvalue weighted by atomic mass is 35.5. The van der Waals surface area contributed by atoms with E-state index in [0.29, 0.717) is 43.3 Å². The molecule has 2 aliphatic rings. The van der Waals surface area contributed by atoms with E-state index in [1.807, 2.05) is 24.3 Å². The number of halogens is 1. The maximum absolute atomic E-state index is 11.3. The summed E-state index contributed by atoms with van der Waals surface area (Å²) < 4.78 is 10.1. The van der Waals surface area contributed by atoms with Crippen molar-refractivity contribution < 1.29 is 14.3 Å². The number of methoxy groups -OCH3 is 1. The SMILES string of the molecule is COC(=O)NCC1CCC(Nc2cc(-c3cccc(NCC4(N)CCOCC4)n3)c(Cl)cn2)CC1. The molecule has 5 N–H and O–H groups in total. The van der Waals surface area contributed by atoms with Crippen molar-refractivity contribution in [3.63, 3.8) is 0 Å². The van der Waals surface area contributed by atoms with E-state index in [0.717, 1.165) is 61.4 Å². The summed E-state index contributed by atoms with van der Waals surface area (Å²) in [6.07, 6.45) is 7.04. The first kappa shape index (κ1) is 25.5. The molecule has 0 atom stereocenters. The molecule has 1 aliphatic carbocycles. The van der Waals surface area contributed by atoms with Crippen LogP contribution in [0.3, 0.4) is 0 Å². The molecule has 1 saturated carbocycles. The van der Waals surface area contributed by atoms with Crippen LogP contribution >= 0.6 is 11.6 Å². The molecule has 0 radical (unpaired) electrons. The number of rotatable bonds is 8. The molecule has 9 nitrogen and oxygen atoms in total. The molecule has 2 aromatic heterocycles. The molecule has 1 aliphatic heterocycles. The van der Waals surface area contributed by atoms with Gasteiger partial charge in [0.15, 0.2) is 0 Å². The zero-order valence-corrected chi connectivity index (χ0v) is 20.9. The van der Waals surface area contributed by atoms with E-state index in [4.69, 9.17) is 27.1 Å². The smallest absolute Gasteiger partial charge is 0.406 e. The van der Waals surface area contributed by atoms with Crippen LogP contribution in [0.25, 0.3) is 11.3 Å². The Hall–Kier alpha value is -2.62. The third-order valence-corrected chi connectivity index (χ3v) is 7.21. The second kappa shape index (κ2) is 11.9. The zero-order valence-electron chi connectivity index (χ0n) is 20.2. The van der Waals surface area contributed by atoms with Gasteiger partial charge in [-0.1, -0.05) is 17.7 Å². The number of aromatic nitrogens is 2. The van der Waals surface area contributed by atoms with E-state index in [-0.39, 0.29) is 11.6 Å². The number of alkyl carbamates (subject to hydrolysis) is 1. The summed E-state index contributed by atoms with van der Waals surface area (Å²) in [5, 5.41) is 10.3. The first-order valence-corrected chi connectivity index (χ1v) is 12.6. The van der Waals surface area contributed by atoms with Gasteiger partial charge in [-0.2, -0.15) is 0 Å². The largest absolute Gasteiger partial charge is 0.453 e. The normalized spacial score (nSPS) is 21.7. The lowest BCUT2D eigenvalue weighted by Crippen LogP contribution is -2.50. The standard InChI is InChI=1S/C25H35ClN6O3/c1-34-24(33)29-14-17-5-7-18(8-6-17)31-23-13-19(20(26)15-28-23)21-3-2-4-22(32-21)30-16-25(27)9-11-35-12-10-25/h2-4,13,15,17-18H,5-12,14,16,27H2,1H3,(H,28,31)(H,29,33)(H,30,32). The Balaban J connectivity index is 1.35. The van der Waals surface area contributed by atoms with Gasteiger partial charge in [-0.15, -0.1) is 0 Å². The van der Waals surface area contributed by atoms with Gasteiger partial charge >= 0.3 is 6.09 Å². The topological polar surface area (TPSA) is 123 Å². The number of ether oxygens (including phenoxy) is 2. The summed E-state index contributed by atoms with van der Waals surface area (Å²) in [6, 6.07) is 8.14. The molecule has 0 bridgehead atoms. The van der Waals surface area contributed by atoms with Crippen LogP contribution in [0.5, 0.6) is 0 Å². The quantitative estimate of drug-likeness (QED) is 0.426. The van der Waals surface area contributed by atoms with Crippen molar-refractivity contribution >= 4 is 29.3 Å². The molecule has 2 aromatic rings. The second-order valence-electron chi connectivity index (χ2n) is 9.52. The van der Waals surface area contributed by atoms with Gasteiger partial charge in [0.2, 0.25) is 0 Å². The van der Waals surface area contributed by atoms with Crippen LogP contribution in [0.1, 0.15) is 38.5 Å². The molecule has 0 spiro atoms. The Morgan fingerprint density at radius 3 is 2.74 bits per heavy atom. The lowest BCUT2D eigenvalue weighted by molar-refractivity contribution is 0.0574. The number of hydrogen-bond acceptors (Lipinski definition) is 8. The minimum atomic E-state index is -0.373. The van der Waals surface area contributed by atoms with Gasteiger partial charge in [0.05, 0.1) is 17.8 Å². The Bertz CT molecular complexity index is 993. The highest BCUT2D eigenvalue weighted by Crippen LogP contribution is 2.31. The number of carbonyl (C=O) groups is 1. The van der Waals surface area contributed by atoms with Crippen molar-refractivity contribution in [2.75, 3.05) is 44.0 Å². The van der Waals surface area contributed by atoms with Gasteiger partial charge in [0.25, 0.3) is 0 Å². The predicted octanol–water partition coefficient (Wildman–Crippen LogP) is 4.04. The van der Waals surface area contributed by atoms with Crippen molar-refractivity contribution in [3.05, 3.63) is 35.5 Å². The van der Waals surface area contributed by atoms with E-state index in [1.165, 1.54) is 7.11 Å². The molecular weight excluding hydrogens is 468 g/mol. The summed E-state index contributed by atoms with van der Waals surface area (Å²) in [4.78, 5) is 20.6. The fourth-order valence-electron chi connectivity index (χ4n) is 4.64. The number of pyridine rings is 2. The van der Waals surface area contributed by atoms with E-state index in [1.54, 1.807) is 6.20 Å². The van der Waals surface area contributed by atoms with Crippen molar-refractivity contribution in [3.8, 4) is 11.3 Å². The fourth-order valence-corrected chi connectivity index (χ4v) is 4.84. The molecule has 10 heteroatoms. The molecule has 35 heavy (non-hydrogen) atoms. The Morgan fingerprint density at radius 1 is 1.23 bits per heavy atom. The number of nitrogens with two attached hydrogens (primary N) is 1. The molecule has 1 amide bonds. The number of nitrogens with one attached hydrogen (secondary N) is 3. The van der Waals surface area contributed by atoms with Crippen LogP contribution in [0.15, 0.2) is 30.5 Å². The minimum Gasteiger partial charge on any atom is -0.453 e. The number of carbonyl (C=O) groups excluding carboxylic acids is 1. The van der Waals surface area contributed by atoms with Gasteiger partial charge in [-0.3, -0.25) is 0 Å². The maximum atomic E-state index is 11.3. The van der Waals surface area contributed by atoms with Crippen molar-refractivity contribution in [1.29, 1.82) is 0 Å². The third-order valence-electron chi connectivity index (χ3n) is 6.91. The van der Waals surface area contributed by atoms with E-state index >= 15 is 0 Å². The van der Waals surface area contributed by atoms with E-state index < -0.39 is 0 Å². The maximum Gasteiger partial charge on any atom is 0.406 e. The average Bonchev–Trinajstić information content (AvgIpc) is 2.88. The Morgan fingerprint density at radius 2 is 2.00 bits per heavy atom. The van der Waals surface area contributed by atoms with Crippen LogP contribution in [0.2, 0.25) is 5.02 Å². The minimum absolute atomic E-state index is 0.282. The molecule has 4 rings (SSSR count). The van der Waals surface area contributed by atoms with Crippen LogP contribution in [0.4, 0.5) is 16.4 Å². The molecule has 0 unspecified atom stereocenters. The van der Waals surface area contributed by atoms with Gasteiger partial charge in [-0.25, -0.2) is 14.8 Å². The first-order chi connectivity index (χ1) is 16.9. The number of hydrogen-bond donors (Lipinski definition) is 4. The second-order valence-corrected chi connectivity index (χ2v) is 9.93. The molecule has 3 heterocycles. The zero-order chi connectivity index (χ0) is 24.7. The molecule has 0 aromatic carbocycles. The van der Waals surface area contributed by atoms with Gasteiger partial charge in [0.1, 0.15) is 11.6 Å². The Kier molecular flexibility index (Phi) is 8.64. The number of nitrogens with zero attached hydrogens (tertiary/aromatic N) is 2. The van der Waals surface area contributed by atoms with E-state index in [9.17, 15) is 4.79 Å². The monoisotopic (exact) mass is 502 g/mol. The summed E-state index contributed by atoms with van der Waals surface area (Å²) in [5.41, 5.74) is 7.83. The summed E-state index contributed by atoms with van der Waals surface area (Å²) in [7, 11) is 1.38. The van der Waals surface area contributed by atoms with Gasteiger partial charge < -0.3 is 31.2 Å². The van der Waals surface area contributed by atoms with Crippen LogP contribution in [-0.4, -0.2) is 61.1 Å². The average molecular weight is 503 g/mol.